The molecule has 1 rings (SSSR count). The molecule has 1 atom stereocenters. The Kier molecular flexibility index (Phi) is 3.89. The number of nitrogen functional groups attached to an aromatic ring is 1. The van der Waals surface area contributed by atoms with Crippen LogP contribution < -0.4 is 11.1 Å². The third kappa shape index (κ3) is 2.52. The zero-order valence-electron chi connectivity index (χ0n) is 10.1. The first-order valence-electron chi connectivity index (χ1n) is 5.07. The lowest BCUT2D eigenvalue weighted by Crippen LogP contribution is -2.33. The van der Waals surface area contributed by atoms with E-state index in [1.54, 1.807) is 21.1 Å². The van der Waals surface area contributed by atoms with Crippen LogP contribution >= 0.6 is 0 Å². The van der Waals surface area contributed by atoms with Gasteiger partial charge in [-0.3, -0.25) is 9.48 Å². The highest BCUT2D eigenvalue weighted by atomic mass is 16.5. The number of nitrogens with one attached hydrogen (secondary N) is 1. The molecule has 6 nitrogen and oxygen atoms in total. The number of hydrogen-bond donors (Lipinski definition) is 2. The summed E-state index contributed by atoms with van der Waals surface area (Å²) < 4.78 is 6.52. The molecule has 0 radical (unpaired) electrons. The number of carbonyl (C=O) groups is 1. The van der Waals surface area contributed by atoms with Gasteiger partial charge in [-0.1, -0.05) is 0 Å². The second kappa shape index (κ2) is 4.98. The Labute approximate surface area is 94.8 Å². The monoisotopic (exact) mass is 226 g/mol. The number of rotatable bonds is 4. The fourth-order valence-corrected chi connectivity index (χ4v) is 1.35. The minimum absolute atomic E-state index is 0.0282. The van der Waals surface area contributed by atoms with Crippen LogP contribution in [0.4, 0.5) is 5.69 Å². The van der Waals surface area contributed by atoms with Gasteiger partial charge in [0, 0.05) is 20.7 Å². The fraction of sp³-hybridized carbons (Fsp3) is 0.600. The van der Waals surface area contributed by atoms with Crippen molar-refractivity contribution >= 4 is 11.6 Å². The molecule has 0 bridgehead atoms. The molecule has 0 fully saturated rings. The van der Waals surface area contributed by atoms with Crippen molar-refractivity contribution in [3.63, 3.8) is 0 Å². The lowest BCUT2D eigenvalue weighted by molar-refractivity contribution is 0.0863. The average Bonchev–Trinajstić information content (AvgIpc) is 2.49. The molecule has 0 aliphatic carbocycles. The summed E-state index contributed by atoms with van der Waals surface area (Å²) >= 11 is 0. The number of nitrogens with two attached hydrogens (primary N) is 1. The zero-order chi connectivity index (χ0) is 12.3. The largest absolute Gasteiger partial charge is 0.395 e. The van der Waals surface area contributed by atoms with E-state index in [-0.39, 0.29) is 12.0 Å². The molecular formula is C10H18N4O2. The van der Waals surface area contributed by atoms with Crippen LogP contribution in [0.1, 0.15) is 23.1 Å². The minimum atomic E-state index is -0.232. The van der Waals surface area contributed by atoms with Crippen LogP contribution in [0.5, 0.6) is 0 Å². The van der Waals surface area contributed by atoms with Gasteiger partial charge in [0.1, 0.15) is 5.69 Å². The first kappa shape index (κ1) is 12.5. The van der Waals surface area contributed by atoms with E-state index in [4.69, 9.17) is 10.5 Å². The maximum atomic E-state index is 11.8. The number of hydrogen-bond acceptors (Lipinski definition) is 4. The van der Waals surface area contributed by atoms with Crippen LogP contribution in [0, 0.1) is 6.92 Å². The summed E-state index contributed by atoms with van der Waals surface area (Å²) in [6.45, 7) is 4.08. The summed E-state index contributed by atoms with van der Waals surface area (Å²) in [5, 5.41) is 6.82. The van der Waals surface area contributed by atoms with Gasteiger partial charge < -0.3 is 15.8 Å². The standard InChI is InChI=1S/C10H18N4O2/c1-6(16-4)5-12-10(15)9-8(11)7(2)13-14(9)3/h6H,5,11H2,1-4H3,(H,12,15). The maximum Gasteiger partial charge on any atom is 0.271 e. The lowest BCUT2D eigenvalue weighted by Gasteiger charge is -2.11. The van der Waals surface area contributed by atoms with Crippen LogP contribution in [0.2, 0.25) is 0 Å². The summed E-state index contributed by atoms with van der Waals surface area (Å²) in [5.74, 6) is -0.232. The molecule has 90 valence electrons. The van der Waals surface area contributed by atoms with E-state index in [9.17, 15) is 4.79 Å². The second-order valence-electron chi connectivity index (χ2n) is 3.73. The van der Waals surface area contributed by atoms with Gasteiger partial charge in [-0.15, -0.1) is 0 Å². The molecule has 1 aromatic heterocycles. The predicted molar refractivity (Wildman–Crippen MR) is 61.2 cm³/mol. The number of anilines is 1. The van der Waals surface area contributed by atoms with Gasteiger partial charge in [0.2, 0.25) is 0 Å². The maximum absolute atomic E-state index is 11.8. The van der Waals surface area contributed by atoms with Gasteiger partial charge in [-0.2, -0.15) is 5.10 Å². The second-order valence-corrected chi connectivity index (χ2v) is 3.73. The van der Waals surface area contributed by atoms with Crippen LogP contribution in [-0.2, 0) is 11.8 Å². The number of aromatic nitrogens is 2. The molecule has 1 unspecified atom stereocenters. The van der Waals surface area contributed by atoms with Crippen molar-refractivity contribution in [3.8, 4) is 0 Å². The van der Waals surface area contributed by atoms with Crippen LogP contribution in [0.3, 0.4) is 0 Å². The Balaban J connectivity index is 2.73. The van der Waals surface area contributed by atoms with Gasteiger partial charge in [-0.25, -0.2) is 0 Å². The van der Waals surface area contributed by atoms with Crippen molar-refractivity contribution < 1.29 is 9.53 Å². The molecule has 3 N–H and O–H groups in total. The van der Waals surface area contributed by atoms with Gasteiger partial charge in [0.05, 0.1) is 17.5 Å². The van der Waals surface area contributed by atoms with E-state index in [1.165, 1.54) is 4.68 Å². The van der Waals surface area contributed by atoms with Crippen LogP contribution in [0.15, 0.2) is 0 Å². The Hall–Kier alpha value is -1.56. The van der Waals surface area contributed by atoms with Gasteiger partial charge in [-0.05, 0) is 13.8 Å². The summed E-state index contributed by atoms with van der Waals surface area (Å²) in [4.78, 5) is 11.8. The van der Waals surface area contributed by atoms with Crippen molar-refractivity contribution in [2.24, 2.45) is 7.05 Å². The molecule has 16 heavy (non-hydrogen) atoms. The van der Waals surface area contributed by atoms with Crippen molar-refractivity contribution in [2.45, 2.75) is 20.0 Å². The number of ether oxygens (including phenoxy) is 1. The smallest absolute Gasteiger partial charge is 0.271 e. The topological polar surface area (TPSA) is 82.2 Å². The van der Waals surface area contributed by atoms with Crippen LogP contribution in [0.25, 0.3) is 0 Å². The first-order chi connectivity index (χ1) is 7.47. The summed E-state index contributed by atoms with van der Waals surface area (Å²) in [6.07, 6.45) is -0.0282. The molecule has 0 saturated heterocycles. The lowest BCUT2D eigenvalue weighted by atomic mass is 10.3. The van der Waals surface area contributed by atoms with E-state index in [1.807, 2.05) is 6.92 Å². The molecule has 0 spiro atoms. The number of nitrogens with zero attached hydrogens (tertiary/aromatic N) is 2. The van der Waals surface area contributed by atoms with E-state index in [0.717, 1.165) is 0 Å². The molecule has 0 saturated carbocycles. The van der Waals surface area contributed by atoms with Gasteiger partial charge in [0.15, 0.2) is 0 Å². The van der Waals surface area contributed by atoms with Gasteiger partial charge in [0.25, 0.3) is 5.91 Å². The fourth-order valence-electron chi connectivity index (χ4n) is 1.35. The minimum Gasteiger partial charge on any atom is -0.395 e. The summed E-state index contributed by atoms with van der Waals surface area (Å²) in [6, 6.07) is 0. The van der Waals surface area contributed by atoms with Crippen LogP contribution in [-0.4, -0.2) is 35.4 Å². The Bertz CT molecular complexity index is 386. The molecule has 1 amide bonds. The van der Waals surface area contributed by atoms with Crippen molar-refractivity contribution in [1.82, 2.24) is 15.1 Å². The molecule has 0 aliphatic rings. The quantitative estimate of drug-likeness (QED) is 0.761. The molecular weight excluding hydrogens is 208 g/mol. The van der Waals surface area contributed by atoms with Gasteiger partial charge >= 0.3 is 0 Å². The number of amides is 1. The highest BCUT2D eigenvalue weighted by Crippen LogP contribution is 2.14. The summed E-state index contributed by atoms with van der Waals surface area (Å²) in [5.41, 5.74) is 7.24. The molecule has 1 heterocycles. The normalized spacial score (nSPS) is 12.5. The number of aryl methyl sites for hydroxylation is 2. The third-order valence-electron chi connectivity index (χ3n) is 2.44. The van der Waals surface area contributed by atoms with E-state index < -0.39 is 0 Å². The van der Waals surface area contributed by atoms with Crippen molar-refractivity contribution in [1.29, 1.82) is 0 Å². The van der Waals surface area contributed by atoms with E-state index >= 15 is 0 Å². The highest BCUT2D eigenvalue weighted by molar-refractivity contribution is 5.97. The first-order valence-corrected chi connectivity index (χ1v) is 5.07. The third-order valence-corrected chi connectivity index (χ3v) is 2.44. The molecule has 1 aromatic rings. The molecule has 0 aromatic carbocycles. The predicted octanol–water partition coefficient (Wildman–Crippen LogP) is 0.0754. The number of methoxy groups -OCH3 is 1. The van der Waals surface area contributed by atoms with Crippen molar-refractivity contribution in [3.05, 3.63) is 11.4 Å². The molecule has 0 aliphatic heterocycles. The average molecular weight is 226 g/mol. The summed E-state index contributed by atoms with van der Waals surface area (Å²) in [7, 11) is 3.29. The molecule has 6 heteroatoms. The van der Waals surface area contributed by atoms with Crippen molar-refractivity contribution in [2.75, 3.05) is 19.4 Å². The number of carbonyl (C=O) groups excluding carboxylic acids is 1. The Morgan fingerprint density at radius 2 is 2.31 bits per heavy atom. The van der Waals surface area contributed by atoms with E-state index in [2.05, 4.69) is 10.4 Å². The SMILES string of the molecule is COC(C)CNC(=O)c1c(N)c(C)nn1C. The van der Waals surface area contributed by atoms with E-state index in [0.29, 0.717) is 23.6 Å². The Morgan fingerprint density at radius 1 is 1.69 bits per heavy atom. The zero-order valence-corrected chi connectivity index (χ0v) is 10.1. The highest BCUT2D eigenvalue weighted by Gasteiger charge is 2.17. The Morgan fingerprint density at radius 3 is 2.75 bits per heavy atom.